The van der Waals surface area contributed by atoms with Crippen LogP contribution < -0.4 is 10.6 Å². The quantitative estimate of drug-likeness (QED) is 0.818. The Kier molecular flexibility index (Phi) is 3.63. The molecular weight excluding hydrogens is 273 g/mol. The van der Waals surface area contributed by atoms with Crippen molar-refractivity contribution in [2.45, 2.75) is 24.8 Å². The van der Waals surface area contributed by atoms with Crippen molar-refractivity contribution >= 4 is 17.5 Å². The topological polar surface area (TPSA) is 61.4 Å². The molecule has 0 saturated carbocycles. The summed E-state index contributed by atoms with van der Waals surface area (Å²) in [5.74, 6) is -0.602. The van der Waals surface area contributed by atoms with Crippen LogP contribution in [0.3, 0.4) is 0 Å². The second-order valence-corrected chi connectivity index (χ2v) is 5.80. The van der Waals surface area contributed by atoms with Crippen molar-refractivity contribution < 1.29 is 14.0 Å². The Morgan fingerprint density at radius 3 is 2.71 bits per heavy atom. The maximum atomic E-state index is 14.1. The van der Waals surface area contributed by atoms with Crippen molar-refractivity contribution in [1.29, 1.82) is 0 Å². The number of likely N-dealkylation sites (N-methyl/N-ethyl adjacent to an activating group) is 1. The van der Waals surface area contributed by atoms with E-state index in [0.717, 1.165) is 18.7 Å². The van der Waals surface area contributed by atoms with E-state index in [4.69, 9.17) is 0 Å². The molecule has 0 aliphatic carbocycles. The molecule has 2 N–H and O–H groups in total. The van der Waals surface area contributed by atoms with Gasteiger partial charge in [0, 0.05) is 31.1 Å². The van der Waals surface area contributed by atoms with Crippen LogP contribution in [0.15, 0.2) is 18.2 Å². The first-order valence-corrected chi connectivity index (χ1v) is 7.11. The molecule has 2 amide bonds. The Balaban J connectivity index is 1.68. The van der Waals surface area contributed by atoms with Gasteiger partial charge in [-0.25, -0.2) is 4.39 Å². The van der Waals surface area contributed by atoms with E-state index in [9.17, 15) is 14.0 Å². The molecule has 2 aliphatic rings. The van der Waals surface area contributed by atoms with Crippen LogP contribution >= 0.6 is 0 Å². The van der Waals surface area contributed by atoms with Crippen LogP contribution in [0.1, 0.15) is 24.3 Å². The Hall–Kier alpha value is -1.95. The van der Waals surface area contributed by atoms with E-state index in [-0.39, 0.29) is 23.5 Å². The van der Waals surface area contributed by atoms with E-state index >= 15 is 0 Å². The normalized spacial score (nSPS) is 23.6. The largest absolute Gasteiger partial charge is 0.374 e. The molecule has 2 saturated heterocycles. The number of rotatable bonds is 3. The van der Waals surface area contributed by atoms with E-state index in [2.05, 4.69) is 15.5 Å². The highest BCUT2D eigenvalue weighted by Gasteiger charge is 2.28. The van der Waals surface area contributed by atoms with E-state index in [0.29, 0.717) is 18.5 Å². The zero-order chi connectivity index (χ0) is 15.0. The molecule has 5 nitrogen and oxygen atoms in total. The molecule has 1 aromatic carbocycles. The molecule has 21 heavy (non-hydrogen) atoms. The van der Waals surface area contributed by atoms with Crippen LogP contribution in [0.4, 0.5) is 10.1 Å². The van der Waals surface area contributed by atoms with E-state index in [1.807, 2.05) is 7.05 Å². The molecule has 0 bridgehead atoms. The van der Waals surface area contributed by atoms with Crippen molar-refractivity contribution in [2.24, 2.45) is 0 Å². The fourth-order valence-corrected chi connectivity index (χ4v) is 2.88. The van der Waals surface area contributed by atoms with Crippen LogP contribution in [0, 0.1) is 5.82 Å². The zero-order valence-corrected chi connectivity index (χ0v) is 11.9. The van der Waals surface area contributed by atoms with Crippen molar-refractivity contribution in [3.63, 3.8) is 0 Å². The number of likely N-dealkylation sites (tertiary alicyclic amines) is 1. The lowest BCUT2D eigenvalue weighted by Crippen LogP contribution is -2.47. The van der Waals surface area contributed by atoms with Gasteiger partial charge in [0.05, 0.1) is 0 Å². The van der Waals surface area contributed by atoms with E-state index < -0.39 is 6.04 Å². The summed E-state index contributed by atoms with van der Waals surface area (Å²) in [6.07, 6.45) is 0.736. The van der Waals surface area contributed by atoms with Crippen LogP contribution in [-0.2, 0) is 9.59 Å². The lowest BCUT2D eigenvalue weighted by Gasteiger charge is -2.36. The molecule has 0 aromatic heterocycles. The van der Waals surface area contributed by atoms with Crippen LogP contribution in [-0.4, -0.2) is 42.9 Å². The molecule has 1 aromatic rings. The smallest absolute Gasteiger partial charge is 0.249 e. The predicted octanol–water partition coefficient (Wildman–Crippen LogP) is 1.07. The van der Waals surface area contributed by atoms with Gasteiger partial charge in [-0.05, 0) is 31.2 Å². The summed E-state index contributed by atoms with van der Waals surface area (Å²) in [6.45, 7) is 1.74. The van der Waals surface area contributed by atoms with Gasteiger partial charge in [-0.15, -0.1) is 0 Å². The average molecular weight is 291 g/mol. The van der Waals surface area contributed by atoms with Crippen LogP contribution in [0.5, 0.6) is 0 Å². The van der Waals surface area contributed by atoms with Crippen molar-refractivity contribution in [2.75, 3.05) is 25.5 Å². The van der Waals surface area contributed by atoms with Crippen molar-refractivity contribution in [3.8, 4) is 0 Å². The van der Waals surface area contributed by atoms with Gasteiger partial charge in [0.1, 0.15) is 11.9 Å². The number of hydrogen-bond donors (Lipinski definition) is 2. The Bertz CT molecular complexity index is 584. The molecule has 6 heteroatoms. The third-order valence-electron chi connectivity index (χ3n) is 4.08. The first-order chi connectivity index (χ1) is 10.0. The summed E-state index contributed by atoms with van der Waals surface area (Å²) in [7, 11) is 2.01. The monoisotopic (exact) mass is 291 g/mol. The highest BCUT2D eigenvalue weighted by atomic mass is 19.1. The third kappa shape index (κ3) is 2.90. The molecule has 3 rings (SSSR count). The van der Waals surface area contributed by atoms with Gasteiger partial charge in [0.25, 0.3) is 0 Å². The summed E-state index contributed by atoms with van der Waals surface area (Å²) in [5, 5.41) is 5.27. The maximum Gasteiger partial charge on any atom is 0.249 e. The minimum atomic E-state index is -0.484. The summed E-state index contributed by atoms with van der Waals surface area (Å²) in [6, 6.07) is 4.52. The van der Waals surface area contributed by atoms with Crippen LogP contribution in [0.2, 0.25) is 0 Å². The third-order valence-corrected chi connectivity index (χ3v) is 4.08. The fraction of sp³-hybridized carbons (Fsp3) is 0.467. The molecule has 0 spiro atoms. The lowest BCUT2D eigenvalue weighted by molar-refractivity contribution is -0.133. The SMILES string of the molecule is CN1CC(c2ccc(NC3CCC(=O)NC3=O)cc2F)C1. The zero-order valence-electron chi connectivity index (χ0n) is 11.9. The number of carbonyl (C=O) groups is 2. The van der Waals surface area contributed by atoms with Gasteiger partial charge in [-0.2, -0.15) is 0 Å². The van der Waals surface area contributed by atoms with Gasteiger partial charge < -0.3 is 10.2 Å². The lowest BCUT2D eigenvalue weighted by atomic mass is 9.91. The molecule has 112 valence electrons. The van der Waals surface area contributed by atoms with Gasteiger partial charge in [-0.3, -0.25) is 14.9 Å². The van der Waals surface area contributed by atoms with E-state index in [1.165, 1.54) is 6.07 Å². The first-order valence-electron chi connectivity index (χ1n) is 7.11. The minimum absolute atomic E-state index is 0.245. The number of amides is 2. The van der Waals surface area contributed by atoms with Crippen molar-refractivity contribution in [1.82, 2.24) is 10.2 Å². The second kappa shape index (κ2) is 5.44. The molecular formula is C15H18FN3O2. The summed E-state index contributed by atoms with van der Waals surface area (Å²) < 4.78 is 14.1. The molecule has 2 fully saturated rings. The molecule has 1 unspecified atom stereocenters. The Morgan fingerprint density at radius 2 is 2.10 bits per heavy atom. The number of carbonyl (C=O) groups excluding carboxylic acids is 2. The molecule has 2 heterocycles. The number of nitrogens with one attached hydrogen (secondary N) is 2. The highest BCUT2D eigenvalue weighted by molar-refractivity contribution is 6.01. The standard InChI is InChI=1S/C15H18FN3O2/c1-19-7-9(8-19)11-3-2-10(6-12(11)16)17-13-4-5-14(20)18-15(13)21/h2-3,6,9,13,17H,4-5,7-8H2,1H3,(H,18,20,21). The molecule has 1 atom stereocenters. The molecule has 0 radical (unpaired) electrons. The number of halogens is 1. The predicted molar refractivity (Wildman–Crippen MR) is 76.4 cm³/mol. The number of benzene rings is 1. The summed E-state index contributed by atoms with van der Waals surface area (Å²) >= 11 is 0. The number of nitrogens with zero attached hydrogens (tertiary/aromatic N) is 1. The van der Waals surface area contributed by atoms with Gasteiger partial charge in [-0.1, -0.05) is 6.07 Å². The number of anilines is 1. The average Bonchev–Trinajstić information content (AvgIpc) is 2.39. The van der Waals surface area contributed by atoms with Crippen LogP contribution in [0.25, 0.3) is 0 Å². The molecule has 2 aliphatic heterocycles. The van der Waals surface area contributed by atoms with Gasteiger partial charge in [0.2, 0.25) is 11.8 Å². The number of piperidine rings is 1. The van der Waals surface area contributed by atoms with Gasteiger partial charge >= 0.3 is 0 Å². The highest BCUT2D eigenvalue weighted by Crippen LogP contribution is 2.29. The fourth-order valence-electron chi connectivity index (χ4n) is 2.88. The first kappa shape index (κ1) is 14.0. The Morgan fingerprint density at radius 1 is 1.33 bits per heavy atom. The minimum Gasteiger partial charge on any atom is -0.374 e. The summed E-state index contributed by atoms with van der Waals surface area (Å²) in [5.41, 5.74) is 1.29. The summed E-state index contributed by atoms with van der Waals surface area (Å²) in [4.78, 5) is 24.9. The van der Waals surface area contributed by atoms with Crippen molar-refractivity contribution in [3.05, 3.63) is 29.6 Å². The number of imide groups is 1. The van der Waals surface area contributed by atoms with Gasteiger partial charge in [0.15, 0.2) is 0 Å². The maximum absolute atomic E-state index is 14.1. The van der Waals surface area contributed by atoms with E-state index in [1.54, 1.807) is 12.1 Å². The Labute approximate surface area is 122 Å². The second-order valence-electron chi connectivity index (χ2n) is 5.80. The number of hydrogen-bond acceptors (Lipinski definition) is 4.